The predicted molar refractivity (Wildman–Crippen MR) is 69.6 cm³/mol. The number of anilines is 1. The van der Waals surface area contributed by atoms with E-state index in [1.54, 1.807) is 18.4 Å². The summed E-state index contributed by atoms with van der Waals surface area (Å²) in [7, 11) is -4.47. The van der Waals surface area contributed by atoms with Crippen LogP contribution in [0.4, 0.5) is 5.69 Å². The molecule has 0 aliphatic rings. The summed E-state index contributed by atoms with van der Waals surface area (Å²) in [5.74, 6) is 0.479. The van der Waals surface area contributed by atoms with Gasteiger partial charge in [-0.15, -0.1) is 0 Å². The molecule has 17 heavy (non-hydrogen) atoms. The van der Waals surface area contributed by atoms with Crippen molar-refractivity contribution in [2.45, 2.75) is 11.3 Å². The average molecular weight is 276 g/mol. The topological polar surface area (TPSA) is 89.3 Å². The van der Waals surface area contributed by atoms with Crippen LogP contribution in [-0.2, 0) is 20.8 Å². The molecule has 1 aromatic rings. The van der Waals surface area contributed by atoms with E-state index < -0.39 is 20.8 Å². The van der Waals surface area contributed by atoms with Gasteiger partial charge < -0.3 is 5.73 Å². The average Bonchev–Trinajstić information content (AvgIpc) is 2.24. The van der Waals surface area contributed by atoms with Crippen molar-refractivity contribution in [3.05, 3.63) is 24.3 Å². The number of para-hydroxylation sites is 1. The molecule has 5 nitrogen and oxygen atoms in total. The first kappa shape index (κ1) is 14.1. The van der Waals surface area contributed by atoms with Gasteiger partial charge in [0.05, 0.1) is 5.69 Å². The highest BCUT2D eigenvalue weighted by molar-refractivity contribution is 7.89. The fraction of sp³-hybridized carbons (Fsp3) is 0.400. The molecule has 0 fully saturated rings. The molecule has 0 radical (unpaired) electrons. The minimum absolute atomic E-state index is 0.0811. The number of hydrogen-bond donors (Lipinski definition) is 2. The number of rotatable bonds is 6. The van der Waals surface area contributed by atoms with Crippen molar-refractivity contribution in [2.24, 2.45) is 0 Å². The first-order valence-corrected chi connectivity index (χ1v) is 8.29. The van der Waals surface area contributed by atoms with Crippen LogP contribution < -0.4 is 10.5 Å². The first-order chi connectivity index (χ1) is 7.93. The molecule has 0 aliphatic carbocycles. The van der Waals surface area contributed by atoms with Gasteiger partial charge in [0, 0.05) is 29.4 Å². The molecule has 96 valence electrons. The molecular weight excluding hydrogens is 260 g/mol. The number of hydrogen-bond acceptors (Lipinski definition) is 4. The van der Waals surface area contributed by atoms with Gasteiger partial charge in [0.2, 0.25) is 10.0 Å². The van der Waals surface area contributed by atoms with Gasteiger partial charge in [-0.1, -0.05) is 12.1 Å². The lowest BCUT2D eigenvalue weighted by molar-refractivity contribution is 0.581. The monoisotopic (exact) mass is 276 g/mol. The molecule has 3 N–H and O–H groups in total. The molecule has 1 rings (SSSR count). The summed E-state index contributed by atoms with van der Waals surface area (Å²) in [5, 5.41) is 0. The third kappa shape index (κ3) is 4.45. The maximum absolute atomic E-state index is 11.8. The second kappa shape index (κ2) is 6.13. The summed E-state index contributed by atoms with van der Waals surface area (Å²) in [5.41, 5.74) is 5.81. The Labute approximate surface area is 104 Å². The molecule has 0 heterocycles. The lowest BCUT2D eigenvalue weighted by Crippen LogP contribution is -2.26. The molecule has 0 spiro atoms. The summed E-state index contributed by atoms with van der Waals surface area (Å²) in [4.78, 5) is 0.0811. The van der Waals surface area contributed by atoms with E-state index in [4.69, 9.17) is 5.73 Å². The molecule has 0 bridgehead atoms. The molecule has 1 unspecified atom stereocenters. The van der Waals surface area contributed by atoms with Crippen LogP contribution in [0.2, 0.25) is 0 Å². The Bertz CT molecular complexity index is 500. The summed E-state index contributed by atoms with van der Waals surface area (Å²) in [6.07, 6.45) is 2.12. The Morgan fingerprint density at radius 1 is 1.35 bits per heavy atom. The van der Waals surface area contributed by atoms with E-state index in [1.807, 2.05) is 0 Å². The Balaban J connectivity index is 2.64. The zero-order valence-electron chi connectivity index (χ0n) is 9.55. The van der Waals surface area contributed by atoms with Crippen molar-refractivity contribution >= 4 is 26.5 Å². The van der Waals surface area contributed by atoms with Gasteiger partial charge in [0.1, 0.15) is 4.90 Å². The molecule has 0 aliphatic heterocycles. The number of nitrogens with one attached hydrogen (secondary N) is 1. The van der Waals surface area contributed by atoms with Gasteiger partial charge in [-0.05, 0) is 18.6 Å². The highest BCUT2D eigenvalue weighted by Gasteiger charge is 2.15. The number of nitrogens with two attached hydrogens (primary N) is 1. The molecule has 7 heteroatoms. The Kier molecular flexibility index (Phi) is 5.10. The van der Waals surface area contributed by atoms with Crippen LogP contribution in [-0.4, -0.2) is 31.2 Å². The van der Waals surface area contributed by atoms with Crippen molar-refractivity contribution in [1.29, 1.82) is 0 Å². The largest absolute Gasteiger partial charge is 0.398 e. The van der Waals surface area contributed by atoms with Gasteiger partial charge in [-0.2, -0.15) is 0 Å². The third-order valence-corrected chi connectivity index (χ3v) is 4.51. The van der Waals surface area contributed by atoms with E-state index in [0.717, 1.165) is 0 Å². The van der Waals surface area contributed by atoms with Crippen molar-refractivity contribution in [3.8, 4) is 0 Å². The number of nitrogen functional groups attached to an aromatic ring is 1. The Morgan fingerprint density at radius 2 is 2.00 bits per heavy atom. The molecule has 1 atom stereocenters. The van der Waals surface area contributed by atoms with Crippen LogP contribution in [0.5, 0.6) is 0 Å². The Hall–Kier alpha value is -0.920. The first-order valence-electron chi connectivity index (χ1n) is 5.07. The van der Waals surface area contributed by atoms with Crippen molar-refractivity contribution in [1.82, 2.24) is 4.72 Å². The van der Waals surface area contributed by atoms with Crippen LogP contribution in [0.25, 0.3) is 0 Å². The molecule has 0 saturated heterocycles. The van der Waals surface area contributed by atoms with Crippen molar-refractivity contribution in [2.75, 3.05) is 24.3 Å². The SMILES string of the molecule is CS(=O)CCCNS(=O)(=O)c1ccccc1N. The van der Waals surface area contributed by atoms with Gasteiger partial charge in [-0.25, -0.2) is 13.1 Å². The maximum Gasteiger partial charge on any atom is 0.242 e. The van der Waals surface area contributed by atoms with Crippen LogP contribution in [0.3, 0.4) is 0 Å². The molecule has 0 saturated carbocycles. The van der Waals surface area contributed by atoms with E-state index >= 15 is 0 Å². The highest BCUT2D eigenvalue weighted by Crippen LogP contribution is 2.16. The number of benzene rings is 1. The van der Waals surface area contributed by atoms with Crippen LogP contribution >= 0.6 is 0 Å². The summed E-state index contributed by atoms with van der Waals surface area (Å²) < 4.78 is 36.9. The summed E-state index contributed by atoms with van der Waals surface area (Å²) >= 11 is 0. The second-order valence-electron chi connectivity index (χ2n) is 3.57. The highest BCUT2D eigenvalue weighted by atomic mass is 32.2. The fourth-order valence-corrected chi connectivity index (χ4v) is 3.04. The molecule has 0 amide bonds. The zero-order chi connectivity index (χ0) is 12.9. The molecular formula is C10H16N2O3S2. The van der Waals surface area contributed by atoms with Gasteiger partial charge in [0.15, 0.2) is 0 Å². The van der Waals surface area contributed by atoms with Crippen LogP contribution in [0.1, 0.15) is 6.42 Å². The fourth-order valence-electron chi connectivity index (χ4n) is 1.28. The zero-order valence-corrected chi connectivity index (χ0v) is 11.2. The molecule has 0 aromatic heterocycles. The van der Waals surface area contributed by atoms with Gasteiger partial charge in [-0.3, -0.25) is 4.21 Å². The van der Waals surface area contributed by atoms with E-state index in [0.29, 0.717) is 12.2 Å². The lowest BCUT2D eigenvalue weighted by Gasteiger charge is -2.08. The van der Waals surface area contributed by atoms with Crippen molar-refractivity contribution in [3.63, 3.8) is 0 Å². The lowest BCUT2D eigenvalue weighted by atomic mass is 10.3. The minimum Gasteiger partial charge on any atom is -0.398 e. The quantitative estimate of drug-likeness (QED) is 0.578. The van der Waals surface area contributed by atoms with E-state index in [9.17, 15) is 12.6 Å². The van der Waals surface area contributed by atoms with E-state index in [1.165, 1.54) is 12.1 Å². The standard InChI is InChI=1S/C10H16N2O3S2/c1-16(13)8-4-7-12-17(14,15)10-6-3-2-5-9(10)11/h2-3,5-6,12H,4,7-8,11H2,1H3. The molecule has 1 aromatic carbocycles. The predicted octanol–water partition coefficient (Wildman–Crippen LogP) is 0.316. The second-order valence-corrected chi connectivity index (χ2v) is 6.86. The summed E-state index contributed by atoms with van der Waals surface area (Å²) in [6, 6.07) is 6.28. The Morgan fingerprint density at radius 3 is 2.59 bits per heavy atom. The van der Waals surface area contributed by atoms with E-state index in [2.05, 4.69) is 4.72 Å². The summed E-state index contributed by atoms with van der Waals surface area (Å²) in [6.45, 7) is 0.260. The maximum atomic E-state index is 11.8. The minimum atomic E-state index is -3.56. The van der Waals surface area contributed by atoms with Crippen LogP contribution in [0.15, 0.2) is 29.2 Å². The third-order valence-electron chi connectivity index (χ3n) is 2.11. The number of sulfonamides is 1. The smallest absolute Gasteiger partial charge is 0.242 e. The van der Waals surface area contributed by atoms with Gasteiger partial charge in [0.25, 0.3) is 0 Å². The van der Waals surface area contributed by atoms with E-state index in [-0.39, 0.29) is 17.1 Å². The van der Waals surface area contributed by atoms with Crippen LogP contribution in [0, 0.1) is 0 Å². The van der Waals surface area contributed by atoms with Gasteiger partial charge >= 0.3 is 0 Å². The van der Waals surface area contributed by atoms with Crippen molar-refractivity contribution < 1.29 is 12.6 Å². The normalized spacial score (nSPS) is 13.5.